The molecule has 4 aromatic rings. The molecule has 0 fully saturated rings. The van der Waals surface area contributed by atoms with E-state index in [9.17, 15) is 13.6 Å². The smallest absolute Gasteiger partial charge is 0.281 e. The van der Waals surface area contributed by atoms with Crippen LogP contribution in [0.3, 0.4) is 0 Å². The van der Waals surface area contributed by atoms with E-state index < -0.39 is 0 Å². The second kappa shape index (κ2) is 8.16. The van der Waals surface area contributed by atoms with Crippen LogP contribution in [0.1, 0.15) is 18.1 Å². The molecular formula is C21H18F2N4OS. The number of rotatable bonds is 6. The Hall–Kier alpha value is -3.00. The van der Waals surface area contributed by atoms with Gasteiger partial charge in [0.05, 0.1) is 12.7 Å². The van der Waals surface area contributed by atoms with Gasteiger partial charge >= 0.3 is 0 Å². The van der Waals surface area contributed by atoms with Gasteiger partial charge in [-0.25, -0.2) is 13.8 Å². The van der Waals surface area contributed by atoms with Gasteiger partial charge in [-0.05, 0) is 30.7 Å². The van der Waals surface area contributed by atoms with Gasteiger partial charge in [-0.2, -0.15) is 5.10 Å². The first-order valence-electron chi connectivity index (χ1n) is 9.14. The maximum atomic E-state index is 14.2. The Labute approximate surface area is 170 Å². The van der Waals surface area contributed by atoms with Crippen LogP contribution in [0.25, 0.3) is 11.0 Å². The normalized spacial score (nSPS) is 11.3. The molecule has 2 heterocycles. The summed E-state index contributed by atoms with van der Waals surface area (Å²) in [5.41, 5.74) is 1.57. The van der Waals surface area contributed by atoms with Crippen LogP contribution in [0, 0.1) is 11.6 Å². The van der Waals surface area contributed by atoms with E-state index in [0.717, 1.165) is 5.56 Å². The van der Waals surface area contributed by atoms with E-state index in [0.29, 0.717) is 28.5 Å². The Bertz CT molecular complexity index is 1240. The van der Waals surface area contributed by atoms with Crippen LogP contribution in [0.5, 0.6) is 0 Å². The first-order valence-corrected chi connectivity index (χ1v) is 10.1. The van der Waals surface area contributed by atoms with Gasteiger partial charge in [0, 0.05) is 17.9 Å². The summed E-state index contributed by atoms with van der Waals surface area (Å²) in [6, 6.07) is 12.6. The molecule has 2 aromatic heterocycles. The van der Waals surface area contributed by atoms with E-state index >= 15 is 0 Å². The number of thioether (sulfide) groups is 1. The Balaban J connectivity index is 1.77. The van der Waals surface area contributed by atoms with E-state index in [1.807, 2.05) is 13.0 Å². The average Bonchev–Trinajstić information content (AvgIpc) is 3.14. The van der Waals surface area contributed by atoms with Gasteiger partial charge in [-0.15, -0.1) is 0 Å². The number of nitrogens with zero attached hydrogens (tertiary/aromatic N) is 4. The van der Waals surface area contributed by atoms with Crippen LogP contribution in [0.2, 0.25) is 0 Å². The third-order valence-electron chi connectivity index (χ3n) is 4.50. The fourth-order valence-electron chi connectivity index (χ4n) is 3.01. The molecule has 0 aliphatic heterocycles. The number of halogens is 2. The molecule has 0 unspecified atom stereocenters. The van der Waals surface area contributed by atoms with E-state index in [1.165, 1.54) is 34.5 Å². The Kier molecular flexibility index (Phi) is 5.44. The third kappa shape index (κ3) is 4.07. The molecule has 0 atom stereocenters. The number of aryl methyl sites for hydroxylation is 1. The zero-order valence-electron chi connectivity index (χ0n) is 15.7. The number of hydrogen-bond acceptors (Lipinski definition) is 4. The van der Waals surface area contributed by atoms with Crippen LogP contribution < -0.4 is 5.56 Å². The summed E-state index contributed by atoms with van der Waals surface area (Å²) in [5, 5.41) is 4.73. The first-order chi connectivity index (χ1) is 14.0. The van der Waals surface area contributed by atoms with Gasteiger partial charge in [-0.1, -0.05) is 42.1 Å². The molecule has 0 N–H and O–H groups in total. The molecule has 0 aliphatic carbocycles. The van der Waals surface area contributed by atoms with Crippen LogP contribution >= 0.6 is 11.8 Å². The van der Waals surface area contributed by atoms with Crippen LogP contribution in [-0.2, 0) is 18.8 Å². The van der Waals surface area contributed by atoms with Crippen molar-refractivity contribution in [1.29, 1.82) is 0 Å². The van der Waals surface area contributed by atoms with Crippen LogP contribution in [0.4, 0.5) is 8.78 Å². The van der Waals surface area contributed by atoms with E-state index in [2.05, 4.69) is 10.1 Å². The lowest BCUT2D eigenvalue weighted by molar-refractivity contribution is 0.579. The quantitative estimate of drug-likeness (QED) is 0.351. The zero-order chi connectivity index (χ0) is 20.4. The summed E-state index contributed by atoms with van der Waals surface area (Å²) in [7, 11) is 0. The molecule has 0 amide bonds. The molecular weight excluding hydrogens is 394 g/mol. The van der Waals surface area contributed by atoms with Crippen LogP contribution in [0.15, 0.2) is 64.7 Å². The predicted octanol–water partition coefficient (Wildman–Crippen LogP) is 4.23. The van der Waals surface area contributed by atoms with Crippen molar-refractivity contribution < 1.29 is 8.78 Å². The highest BCUT2D eigenvalue weighted by Crippen LogP contribution is 2.23. The van der Waals surface area contributed by atoms with Crippen molar-refractivity contribution in [3.63, 3.8) is 0 Å². The highest BCUT2D eigenvalue weighted by molar-refractivity contribution is 7.98. The van der Waals surface area contributed by atoms with E-state index in [-0.39, 0.29) is 29.3 Å². The molecule has 0 saturated heterocycles. The van der Waals surface area contributed by atoms with Crippen LogP contribution in [-0.4, -0.2) is 19.3 Å². The van der Waals surface area contributed by atoms with Gasteiger partial charge < -0.3 is 0 Å². The molecule has 8 heteroatoms. The minimum absolute atomic E-state index is 0.0406. The summed E-state index contributed by atoms with van der Waals surface area (Å²) >= 11 is 1.31. The number of hydrogen-bond donors (Lipinski definition) is 0. The molecule has 148 valence electrons. The largest absolute Gasteiger partial charge is 0.282 e. The predicted molar refractivity (Wildman–Crippen MR) is 109 cm³/mol. The Morgan fingerprint density at radius 2 is 1.93 bits per heavy atom. The van der Waals surface area contributed by atoms with Crippen molar-refractivity contribution in [2.24, 2.45) is 0 Å². The number of fused-ring (bicyclic) bond motifs is 1. The molecule has 4 rings (SSSR count). The maximum Gasteiger partial charge on any atom is 0.282 e. The molecule has 0 aliphatic rings. The van der Waals surface area contributed by atoms with Crippen molar-refractivity contribution in [1.82, 2.24) is 19.3 Å². The lowest BCUT2D eigenvalue weighted by Crippen LogP contribution is -2.24. The van der Waals surface area contributed by atoms with Gasteiger partial charge in [0.25, 0.3) is 5.56 Å². The summed E-state index contributed by atoms with van der Waals surface area (Å²) in [6.07, 6.45) is 1.72. The standard InChI is InChI=1S/C21H18F2N4OS/c1-2-26-12-18-19(25-26)20(28)27(11-15-7-3-4-9-17(15)23)21(24-18)29-13-14-6-5-8-16(22)10-14/h3-10,12H,2,11,13H2,1H3. The maximum absolute atomic E-state index is 14.2. The van der Waals surface area contributed by atoms with Gasteiger partial charge in [0.1, 0.15) is 17.2 Å². The minimum Gasteiger partial charge on any atom is -0.281 e. The average molecular weight is 412 g/mol. The molecule has 0 saturated carbocycles. The van der Waals surface area contributed by atoms with Gasteiger partial charge in [0.15, 0.2) is 10.7 Å². The van der Waals surface area contributed by atoms with Crippen molar-refractivity contribution in [3.05, 3.63) is 87.8 Å². The molecule has 2 aromatic carbocycles. The summed E-state index contributed by atoms with van der Waals surface area (Å²) < 4.78 is 30.8. The SMILES string of the molecule is CCn1cc2nc(SCc3cccc(F)c3)n(Cc3ccccc3F)c(=O)c2n1. The summed E-state index contributed by atoms with van der Waals surface area (Å²) in [6.45, 7) is 2.57. The molecule has 5 nitrogen and oxygen atoms in total. The Morgan fingerprint density at radius 1 is 1.10 bits per heavy atom. The number of benzene rings is 2. The molecule has 29 heavy (non-hydrogen) atoms. The van der Waals surface area contributed by atoms with Crippen molar-refractivity contribution in [2.75, 3.05) is 0 Å². The van der Waals surface area contributed by atoms with Gasteiger partial charge in [0.2, 0.25) is 0 Å². The number of aromatic nitrogens is 4. The van der Waals surface area contributed by atoms with Crippen molar-refractivity contribution >= 4 is 22.8 Å². The highest BCUT2D eigenvalue weighted by Gasteiger charge is 2.16. The van der Waals surface area contributed by atoms with E-state index in [4.69, 9.17) is 0 Å². The van der Waals surface area contributed by atoms with E-state index in [1.54, 1.807) is 35.1 Å². The van der Waals surface area contributed by atoms with Gasteiger partial charge in [-0.3, -0.25) is 14.0 Å². The zero-order valence-corrected chi connectivity index (χ0v) is 16.5. The van der Waals surface area contributed by atoms with Crippen molar-refractivity contribution in [3.8, 4) is 0 Å². The molecule has 0 radical (unpaired) electrons. The van der Waals surface area contributed by atoms with Crippen molar-refractivity contribution in [2.45, 2.75) is 30.9 Å². The fraction of sp³-hybridized carbons (Fsp3) is 0.190. The molecule has 0 spiro atoms. The fourth-order valence-corrected chi connectivity index (χ4v) is 3.95. The molecule has 0 bridgehead atoms. The summed E-state index contributed by atoms with van der Waals surface area (Å²) in [5.74, 6) is -0.284. The third-order valence-corrected chi connectivity index (χ3v) is 5.55. The minimum atomic E-state index is -0.389. The topological polar surface area (TPSA) is 52.7 Å². The lowest BCUT2D eigenvalue weighted by Gasteiger charge is -2.12. The highest BCUT2D eigenvalue weighted by atomic mass is 32.2. The first kappa shape index (κ1) is 19.3. The monoisotopic (exact) mass is 412 g/mol. The Morgan fingerprint density at radius 3 is 2.69 bits per heavy atom. The second-order valence-electron chi connectivity index (χ2n) is 6.51. The second-order valence-corrected chi connectivity index (χ2v) is 7.46. The summed E-state index contributed by atoms with van der Waals surface area (Å²) in [4.78, 5) is 17.7. The lowest BCUT2D eigenvalue weighted by atomic mass is 10.2.